The van der Waals surface area contributed by atoms with Crippen molar-refractivity contribution in [2.24, 2.45) is 10.9 Å². The van der Waals surface area contributed by atoms with Crippen LogP contribution in [-0.4, -0.2) is 11.5 Å². The molecule has 1 fully saturated rings. The van der Waals surface area contributed by atoms with E-state index in [2.05, 4.69) is 17.4 Å². The Balaban J connectivity index is 1.50. The lowest BCUT2D eigenvalue weighted by Crippen LogP contribution is -2.40. The molecule has 0 radical (unpaired) electrons. The Bertz CT molecular complexity index is 1500. The summed E-state index contributed by atoms with van der Waals surface area (Å²) in [5.41, 5.74) is 5.42. The highest BCUT2D eigenvalue weighted by Gasteiger charge is 2.42. The Labute approximate surface area is 197 Å². The SMILES string of the molecule is Cc1ccc2occ(C3Nc4ccccc4N=C4CC(c5ccccc5)CC(=O)C43)c(=O)c2c1. The fourth-order valence-corrected chi connectivity index (χ4v) is 5.29. The van der Waals surface area contributed by atoms with Crippen molar-refractivity contribution in [2.45, 2.75) is 31.7 Å². The molecule has 34 heavy (non-hydrogen) atoms. The molecule has 5 heteroatoms. The molecule has 0 bridgehead atoms. The first-order chi connectivity index (χ1) is 16.6. The quantitative estimate of drug-likeness (QED) is 0.402. The molecule has 3 atom stereocenters. The van der Waals surface area contributed by atoms with E-state index in [4.69, 9.17) is 9.41 Å². The fraction of sp³-hybridized carbons (Fsp3) is 0.207. The second kappa shape index (κ2) is 8.10. The zero-order valence-corrected chi connectivity index (χ0v) is 18.8. The summed E-state index contributed by atoms with van der Waals surface area (Å²) in [6, 6.07) is 22.9. The van der Waals surface area contributed by atoms with Crippen molar-refractivity contribution in [1.29, 1.82) is 0 Å². The number of aliphatic imine (C=N–C) groups is 1. The van der Waals surface area contributed by atoms with Crippen LogP contribution in [0, 0.1) is 12.8 Å². The number of hydrogen-bond donors (Lipinski definition) is 1. The predicted molar refractivity (Wildman–Crippen MR) is 134 cm³/mol. The zero-order valence-electron chi connectivity index (χ0n) is 18.8. The van der Waals surface area contributed by atoms with Crippen molar-refractivity contribution < 1.29 is 9.21 Å². The molecular weight excluding hydrogens is 424 g/mol. The Hall–Kier alpha value is -3.99. The molecule has 3 aromatic carbocycles. The number of Topliss-reactive ketones (excluding diaryl/α,β-unsaturated/α-hetero) is 1. The van der Waals surface area contributed by atoms with Crippen LogP contribution in [-0.2, 0) is 4.79 Å². The molecule has 3 unspecified atom stereocenters. The molecule has 0 saturated heterocycles. The molecule has 168 valence electrons. The number of fused-ring (bicyclic) bond motifs is 3. The highest BCUT2D eigenvalue weighted by atomic mass is 16.3. The predicted octanol–water partition coefficient (Wildman–Crippen LogP) is 6.10. The molecule has 1 aromatic heterocycles. The summed E-state index contributed by atoms with van der Waals surface area (Å²) in [6.07, 6.45) is 2.60. The monoisotopic (exact) mass is 448 g/mol. The van der Waals surface area contributed by atoms with Gasteiger partial charge in [0.05, 0.1) is 34.3 Å². The average molecular weight is 449 g/mol. The van der Waals surface area contributed by atoms with Crippen LogP contribution < -0.4 is 10.7 Å². The van der Waals surface area contributed by atoms with E-state index in [0.29, 0.717) is 29.4 Å². The zero-order chi connectivity index (χ0) is 23.2. The summed E-state index contributed by atoms with van der Waals surface area (Å²) in [5.74, 6) is -0.365. The number of benzene rings is 3. The number of nitrogens with one attached hydrogen (secondary N) is 1. The van der Waals surface area contributed by atoms with Gasteiger partial charge in [0, 0.05) is 12.1 Å². The highest BCUT2D eigenvalue weighted by Crippen LogP contribution is 2.43. The molecule has 2 aliphatic rings. The van der Waals surface area contributed by atoms with Gasteiger partial charge in [0.15, 0.2) is 5.43 Å². The van der Waals surface area contributed by atoms with E-state index in [-0.39, 0.29) is 17.1 Å². The number of carbonyl (C=O) groups is 1. The van der Waals surface area contributed by atoms with E-state index >= 15 is 0 Å². The van der Waals surface area contributed by atoms with Crippen molar-refractivity contribution in [3.8, 4) is 0 Å². The summed E-state index contributed by atoms with van der Waals surface area (Å²) < 4.78 is 5.87. The number of hydrogen-bond acceptors (Lipinski definition) is 5. The van der Waals surface area contributed by atoms with Gasteiger partial charge < -0.3 is 9.73 Å². The van der Waals surface area contributed by atoms with Gasteiger partial charge in [-0.1, -0.05) is 54.1 Å². The van der Waals surface area contributed by atoms with Crippen molar-refractivity contribution in [3.63, 3.8) is 0 Å². The Morgan fingerprint density at radius 1 is 0.941 bits per heavy atom. The first kappa shape index (κ1) is 20.6. The van der Waals surface area contributed by atoms with Crippen LogP contribution in [0.5, 0.6) is 0 Å². The van der Waals surface area contributed by atoms with Crippen LogP contribution in [0.1, 0.15) is 41.5 Å². The molecule has 2 heterocycles. The second-order valence-corrected chi connectivity index (χ2v) is 9.22. The lowest BCUT2D eigenvalue weighted by molar-refractivity contribution is -0.122. The van der Waals surface area contributed by atoms with Crippen molar-refractivity contribution in [3.05, 3.63) is 106 Å². The minimum Gasteiger partial charge on any atom is -0.464 e. The maximum Gasteiger partial charge on any atom is 0.197 e. The number of nitrogens with zero attached hydrogens (tertiary/aromatic N) is 1. The van der Waals surface area contributed by atoms with Gasteiger partial charge >= 0.3 is 0 Å². The van der Waals surface area contributed by atoms with Gasteiger partial charge in [0.1, 0.15) is 17.6 Å². The van der Waals surface area contributed by atoms with Gasteiger partial charge in [-0.25, -0.2) is 0 Å². The fourth-order valence-electron chi connectivity index (χ4n) is 5.29. The first-order valence-electron chi connectivity index (χ1n) is 11.6. The van der Waals surface area contributed by atoms with Crippen molar-refractivity contribution in [2.75, 3.05) is 5.32 Å². The third-order valence-corrected chi connectivity index (χ3v) is 6.98. The standard InChI is InChI=1S/C29H24N2O3/c1-17-11-12-26-20(13-17)29(33)21(16-34-26)28-27-24(30-22-9-5-6-10-23(22)31-28)14-19(15-25(27)32)18-7-3-2-4-8-18/h2-13,16,19,27-28,31H,14-15H2,1H3. The van der Waals surface area contributed by atoms with Gasteiger partial charge in [-0.15, -0.1) is 0 Å². The van der Waals surface area contributed by atoms with Gasteiger partial charge in [-0.3, -0.25) is 14.6 Å². The number of anilines is 1. The normalized spacial score (nSPS) is 21.7. The summed E-state index contributed by atoms with van der Waals surface area (Å²) in [5, 5.41) is 4.01. The average Bonchev–Trinajstić information content (AvgIpc) is 3.02. The summed E-state index contributed by atoms with van der Waals surface area (Å²) in [7, 11) is 0. The molecule has 1 saturated carbocycles. The molecule has 0 spiro atoms. The largest absolute Gasteiger partial charge is 0.464 e. The van der Waals surface area contributed by atoms with Gasteiger partial charge in [-0.2, -0.15) is 0 Å². The number of aryl methyl sites for hydroxylation is 1. The second-order valence-electron chi connectivity index (χ2n) is 9.22. The van der Waals surface area contributed by atoms with E-state index in [9.17, 15) is 9.59 Å². The first-order valence-corrected chi connectivity index (χ1v) is 11.6. The lowest BCUT2D eigenvalue weighted by atomic mass is 9.72. The third kappa shape index (κ3) is 3.45. The Morgan fingerprint density at radius 2 is 1.74 bits per heavy atom. The van der Waals surface area contributed by atoms with Gasteiger partial charge in [0.2, 0.25) is 0 Å². The van der Waals surface area contributed by atoms with Crippen molar-refractivity contribution >= 4 is 33.8 Å². The smallest absolute Gasteiger partial charge is 0.197 e. The van der Waals surface area contributed by atoms with Crippen LogP contribution >= 0.6 is 0 Å². The Morgan fingerprint density at radius 3 is 2.59 bits per heavy atom. The molecule has 1 aliphatic heterocycles. The van der Waals surface area contributed by atoms with E-state index in [1.54, 1.807) is 0 Å². The van der Waals surface area contributed by atoms with Gasteiger partial charge in [0.25, 0.3) is 0 Å². The maximum absolute atomic E-state index is 13.7. The van der Waals surface area contributed by atoms with Crippen molar-refractivity contribution in [1.82, 2.24) is 0 Å². The highest BCUT2D eigenvalue weighted by molar-refractivity contribution is 6.11. The third-order valence-electron chi connectivity index (χ3n) is 6.98. The topological polar surface area (TPSA) is 71.7 Å². The van der Waals surface area contributed by atoms with Crippen LogP contribution in [0.4, 0.5) is 11.4 Å². The molecule has 5 nitrogen and oxygen atoms in total. The molecular formula is C29H24N2O3. The summed E-state index contributed by atoms with van der Waals surface area (Å²) >= 11 is 0. The maximum atomic E-state index is 13.7. The number of carbonyl (C=O) groups excluding carboxylic acids is 1. The van der Waals surface area contributed by atoms with E-state index < -0.39 is 12.0 Å². The number of rotatable bonds is 2. The minimum atomic E-state index is -0.548. The van der Waals surface area contributed by atoms with Crippen LogP contribution in [0.3, 0.4) is 0 Å². The van der Waals surface area contributed by atoms with Crippen LogP contribution in [0.25, 0.3) is 11.0 Å². The molecule has 0 amide bonds. The number of ketones is 1. The van der Waals surface area contributed by atoms with E-state index in [1.165, 1.54) is 6.26 Å². The van der Waals surface area contributed by atoms with E-state index in [0.717, 1.165) is 28.2 Å². The van der Waals surface area contributed by atoms with Crippen LogP contribution in [0.2, 0.25) is 0 Å². The minimum absolute atomic E-state index is 0.0743. The number of para-hydroxylation sites is 2. The molecule has 1 aliphatic carbocycles. The molecule has 1 N–H and O–H groups in total. The van der Waals surface area contributed by atoms with Gasteiger partial charge in [-0.05, 0) is 49.1 Å². The Kier molecular flexibility index (Phi) is 4.91. The van der Waals surface area contributed by atoms with E-state index in [1.807, 2.05) is 67.6 Å². The summed E-state index contributed by atoms with van der Waals surface area (Å²) in [4.78, 5) is 32.3. The summed E-state index contributed by atoms with van der Waals surface area (Å²) in [6.45, 7) is 1.95. The van der Waals surface area contributed by atoms with Crippen LogP contribution in [0.15, 0.2) is 93.3 Å². The molecule has 4 aromatic rings. The lowest BCUT2D eigenvalue weighted by Gasteiger charge is -2.33. The molecule has 6 rings (SSSR count).